The molecule has 0 N–H and O–H groups in total. The van der Waals surface area contributed by atoms with Crippen LogP contribution in [0.4, 0.5) is 0 Å². The maximum absolute atomic E-state index is 2.43. The molecule has 0 bridgehead atoms. The first-order valence-electron chi connectivity index (χ1n) is 4.70. The summed E-state index contributed by atoms with van der Waals surface area (Å²) in [6, 6.07) is 4.20. The van der Waals surface area contributed by atoms with E-state index in [9.17, 15) is 0 Å². The fourth-order valence-electron chi connectivity index (χ4n) is 1.98. The molecule has 66 valence electrons. The summed E-state index contributed by atoms with van der Waals surface area (Å²) in [4.78, 5) is 2.43. The Morgan fingerprint density at radius 3 is 2.58 bits per heavy atom. The molecule has 1 atom stereocenters. The van der Waals surface area contributed by atoms with Gasteiger partial charge < -0.3 is 4.57 Å². The first kappa shape index (κ1) is 7.87. The molecule has 1 unspecified atom stereocenters. The van der Waals surface area contributed by atoms with Gasteiger partial charge in [-0.2, -0.15) is 0 Å². The van der Waals surface area contributed by atoms with Crippen LogP contribution in [0.3, 0.4) is 0 Å². The van der Waals surface area contributed by atoms with Crippen molar-refractivity contribution in [2.45, 2.75) is 25.4 Å². The van der Waals surface area contributed by atoms with E-state index >= 15 is 0 Å². The van der Waals surface area contributed by atoms with Gasteiger partial charge in [0.05, 0.1) is 6.17 Å². The number of hydrogen-bond donors (Lipinski definition) is 0. The van der Waals surface area contributed by atoms with E-state index < -0.39 is 0 Å². The van der Waals surface area contributed by atoms with Crippen molar-refractivity contribution >= 4 is 0 Å². The van der Waals surface area contributed by atoms with Crippen molar-refractivity contribution in [3.05, 3.63) is 24.5 Å². The normalized spacial score (nSPS) is 25.9. The minimum absolute atomic E-state index is 0.605. The molecule has 2 nitrogen and oxygen atoms in total. The average molecular weight is 164 g/mol. The third-order valence-corrected chi connectivity index (χ3v) is 2.70. The van der Waals surface area contributed by atoms with E-state index in [0.29, 0.717) is 6.17 Å². The monoisotopic (exact) mass is 164 g/mol. The van der Waals surface area contributed by atoms with Crippen LogP contribution in [0.15, 0.2) is 24.5 Å². The maximum Gasteiger partial charge on any atom is 0.0855 e. The Hall–Kier alpha value is -0.760. The van der Waals surface area contributed by atoms with Crippen LogP contribution in [0.2, 0.25) is 0 Å². The van der Waals surface area contributed by atoms with Gasteiger partial charge in [-0.05, 0) is 45.0 Å². The average Bonchev–Trinajstić information content (AvgIpc) is 2.57. The fourth-order valence-corrected chi connectivity index (χ4v) is 1.98. The van der Waals surface area contributed by atoms with E-state index in [1.54, 1.807) is 0 Å². The molecule has 12 heavy (non-hydrogen) atoms. The van der Waals surface area contributed by atoms with E-state index in [1.807, 2.05) is 0 Å². The number of hydrogen-bond acceptors (Lipinski definition) is 1. The molecule has 2 rings (SSSR count). The van der Waals surface area contributed by atoms with Crippen LogP contribution in [0.25, 0.3) is 0 Å². The van der Waals surface area contributed by atoms with Crippen LogP contribution in [-0.2, 0) is 0 Å². The number of piperidine rings is 1. The molecule has 0 aromatic carbocycles. The van der Waals surface area contributed by atoms with Crippen LogP contribution in [-0.4, -0.2) is 23.1 Å². The van der Waals surface area contributed by atoms with Crippen LogP contribution in [0, 0.1) is 0 Å². The summed E-state index contributed by atoms with van der Waals surface area (Å²) in [5, 5.41) is 0. The molecular weight excluding hydrogens is 148 g/mol. The minimum Gasteiger partial charge on any atom is -0.338 e. The predicted molar refractivity (Wildman–Crippen MR) is 50.0 cm³/mol. The second-order valence-electron chi connectivity index (χ2n) is 3.59. The van der Waals surface area contributed by atoms with Gasteiger partial charge >= 0.3 is 0 Å². The summed E-state index contributed by atoms with van der Waals surface area (Å²) in [6.45, 7) is 1.24. The number of nitrogens with zero attached hydrogens (tertiary/aromatic N) is 2. The van der Waals surface area contributed by atoms with Gasteiger partial charge in [0.1, 0.15) is 0 Å². The topological polar surface area (TPSA) is 8.17 Å². The molecule has 1 aromatic heterocycles. The third-order valence-electron chi connectivity index (χ3n) is 2.70. The molecule has 0 radical (unpaired) electrons. The van der Waals surface area contributed by atoms with Gasteiger partial charge in [-0.25, -0.2) is 0 Å². The van der Waals surface area contributed by atoms with E-state index in [0.717, 1.165) is 0 Å². The quantitative estimate of drug-likeness (QED) is 0.617. The number of likely N-dealkylation sites (tertiary alicyclic amines) is 1. The van der Waals surface area contributed by atoms with Crippen molar-refractivity contribution in [2.24, 2.45) is 0 Å². The third kappa shape index (κ3) is 1.39. The van der Waals surface area contributed by atoms with Crippen molar-refractivity contribution in [1.82, 2.24) is 9.47 Å². The van der Waals surface area contributed by atoms with E-state index in [2.05, 4.69) is 41.0 Å². The second-order valence-corrected chi connectivity index (χ2v) is 3.59. The summed E-state index contributed by atoms with van der Waals surface area (Å²) in [7, 11) is 2.21. The van der Waals surface area contributed by atoms with Gasteiger partial charge in [0.15, 0.2) is 0 Å². The smallest absolute Gasteiger partial charge is 0.0855 e. The van der Waals surface area contributed by atoms with Crippen LogP contribution >= 0.6 is 0 Å². The van der Waals surface area contributed by atoms with Crippen molar-refractivity contribution in [1.29, 1.82) is 0 Å². The van der Waals surface area contributed by atoms with Crippen LogP contribution in [0.1, 0.15) is 25.4 Å². The Morgan fingerprint density at radius 1 is 1.17 bits per heavy atom. The highest BCUT2D eigenvalue weighted by Gasteiger charge is 2.18. The molecule has 1 aromatic rings. The zero-order valence-corrected chi connectivity index (χ0v) is 7.61. The van der Waals surface area contributed by atoms with Gasteiger partial charge in [0, 0.05) is 12.4 Å². The SMILES string of the molecule is CN1CCCCC1n1cccc1. The van der Waals surface area contributed by atoms with Gasteiger partial charge in [0.2, 0.25) is 0 Å². The molecule has 0 spiro atoms. The van der Waals surface area contributed by atoms with E-state index in [4.69, 9.17) is 0 Å². The van der Waals surface area contributed by atoms with Crippen LogP contribution < -0.4 is 0 Å². The van der Waals surface area contributed by atoms with Gasteiger partial charge in [-0.3, -0.25) is 4.90 Å². The van der Waals surface area contributed by atoms with Gasteiger partial charge in [-0.15, -0.1) is 0 Å². The lowest BCUT2D eigenvalue weighted by Gasteiger charge is -2.33. The molecule has 1 fully saturated rings. The van der Waals surface area contributed by atoms with E-state index in [-0.39, 0.29) is 0 Å². The lowest BCUT2D eigenvalue weighted by Crippen LogP contribution is -2.32. The lowest BCUT2D eigenvalue weighted by atomic mass is 10.1. The molecule has 2 heteroatoms. The standard InChI is InChI=1S/C10H16N2/c1-11-7-3-2-6-10(11)12-8-4-5-9-12/h4-5,8-10H,2-3,6-7H2,1H3. The Morgan fingerprint density at radius 2 is 1.92 bits per heavy atom. The van der Waals surface area contributed by atoms with Crippen molar-refractivity contribution in [3.8, 4) is 0 Å². The van der Waals surface area contributed by atoms with Gasteiger partial charge in [-0.1, -0.05) is 0 Å². The summed E-state index contributed by atoms with van der Waals surface area (Å²) in [5.74, 6) is 0. The molecule has 0 aliphatic carbocycles. The summed E-state index contributed by atoms with van der Waals surface area (Å²) >= 11 is 0. The lowest BCUT2D eigenvalue weighted by molar-refractivity contribution is 0.127. The summed E-state index contributed by atoms with van der Waals surface area (Å²) in [6.07, 6.45) is 8.94. The molecule has 0 amide bonds. The first-order chi connectivity index (χ1) is 5.88. The molecule has 0 saturated carbocycles. The zero-order valence-electron chi connectivity index (χ0n) is 7.61. The van der Waals surface area contributed by atoms with Crippen LogP contribution in [0.5, 0.6) is 0 Å². The fraction of sp³-hybridized carbons (Fsp3) is 0.600. The molecule has 1 aliphatic rings. The summed E-state index contributed by atoms with van der Waals surface area (Å²) < 4.78 is 2.30. The van der Waals surface area contributed by atoms with Gasteiger partial charge in [0.25, 0.3) is 0 Å². The molecule has 2 heterocycles. The zero-order chi connectivity index (χ0) is 8.39. The predicted octanol–water partition coefficient (Wildman–Crippen LogP) is 2.10. The maximum atomic E-state index is 2.43. The molecular formula is C10H16N2. The minimum atomic E-state index is 0.605. The Balaban J connectivity index is 2.11. The summed E-state index contributed by atoms with van der Waals surface area (Å²) in [5.41, 5.74) is 0. The first-order valence-corrected chi connectivity index (χ1v) is 4.70. The molecule has 1 saturated heterocycles. The largest absolute Gasteiger partial charge is 0.338 e. The highest BCUT2D eigenvalue weighted by Crippen LogP contribution is 2.23. The Bertz CT molecular complexity index is 228. The second kappa shape index (κ2) is 3.31. The van der Waals surface area contributed by atoms with E-state index in [1.165, 1.54) is 25.8 Å². The number of aromatic nitrogens is 1. The Labute approximate surface area is 73.8 Å². The number of rotatable bonds is 1. The highest BCUT2D eigenvalue weighted by molar-refractivity contribution is 4.93. The molecule has 1 aliphatic heterocycles. The Kier molecular flexibility index (Phi) is 2.17. The van der Waals surface area contributed by atoms with Crippen molar-refractivity contribution in [3.63, 3.8) is 0 Å². The highest BCUT2D eigenvalue weighted by atomic mass is 15.3. The van der Waals surface area contributed by atoms with Crippen molar-refractivity contribution in [2.75, 3.05) is 13.6 Å². The van der Waals surface area contributed by atoms with Crippen molar-refractivity contribution < 1.29 is 0 Å².